The normalized spacial score (nSPS) is 18.8. The van der Waals surface area contributed by atoms with Crippen LogP contribution in [0.1, 0.15) is 70.3 Å². The van der Waals surface area contributed by atoms with Crippen LogP contribution in [0.2, 0.25) is 0 Å². The van der Waals surface area contributed by atoms with Gasteiger partial charge >= 0.3 is 0 Å². The first-order chi connectivity index (χ1) is 8.77. The van der Waals surface area contributed by atoms with Crippen molar-refractivity contribution in [1.29, 1.82) is 0 Å². The summed E-state index contributed by atoms with van der Waals surface area (Å²) in [4.78, 5) is 0. The van der Waals surface area contributed by atoms with Gasteiger partial charge in [0.25, 0.3) is 0 Å². The lowest BCUT2D eigenvalue weighted by atomic mass is 9.66. The van der Waals surface area contributed by atoms with Crippen molar-refractivity contribution in [3.63, 3.8) is 0 Å². The second-order valence-electron chi connectivity index (χ2n) is 5.80. The summed E-state index contributed by atoms with van der Waals surface area (Å²) in [6.45, 7) is 2.26. The van der Waals surface area contributed by atoms with Crippen molar-refractivity contribution >= 4 is 0 Å². The van der Waals surface area contributed by atoms with Crippen molar-refractivity contribution in [2.45, 2.75) is 70.1 Å². The van der Waals surface area contributed by atoms with Gasteiger partial charge in [0, 0.05) is 0 Å². The molecule has 0 aromatic heterocycles. The van der Waals surface area contributed by atoms with E-state index < -0.39 is 0 Å². The zero-order chi connectivity index (χ0) is 12.8. The van der Waals surface area contributed by atoms with E-state index in [4.69, 9.17) is 0 Å². The summed E-state index contributed by atoms with van der Waals surface area (Å²) in [7, 11) is 0. The summed E-state index contributed by atoms with van der Waals surface area (Å²) in [6.07, 6.45) is 11.8. The number of halogens is 1. The van der Waals surface area contributed by atoms with Crippen LogP contribution < -0.4 is 0 Å². The van der Waals surface area contributed by atoms with Gasteiger partial charge < -0.3 is 0 Å². The number of hydrogen-bond donors (Lipinski definition) is 0. The summed E-state index contributed by atoms with van der Waals surface area (Å²) < 4.78 is 13.1. The van der Waals surface area contributed by atoms with Crippen molar-refractivity contribution in [2.75, 3.05) is 0 Å². The minimum Gasteiger partial charge on any atom is -0.207 e. The average molecular weight is 248 g/mol. The molecule has 0 heterocycles. The standard InChI is InChI=1S/C17H25F/c1-2-3-5-12-17(13-6-4-7-14-17)15-8-10-16(18)11-9-15/h8-11H,2-7,12-14H2,1H3. The number of hydrogen-bond acceptors (Lipinski definition) is 0. The Hall–Kier alpha value is -0.850. The highest BCUT2D eigenvalue weighted by Gasteiger charge is 2.32. The molecule has 0 atom stereocenters. The van der Waals surface area contributed by atoms with Crippen molar-refractivity contribution < 1.29 is 4.39 Å². The van der Waals surface area contributed by atoms with Gasteiger partial charge in [0.15, 0.2) is 0 Å². The highest BCUT2D eigenvalue weighted by Crippen LogP contribution is 2.43. The molecular weight excluding hydrogens is 223 g/mol. The van der Waals surface area contributed by atoms with Gasteiger partial charge in [-0.1, -0.05) is 57.6 Å². The van der Waals surface area contributed by atoms with E-state index in [1.165, 1.54) is 63.4 Å². The molecule has 0 unspecified atom stereocenters. The first-order valence-electron chi connectivity index (χ1n) is 7.53. The molecule has 100 valence electrons. The van der Waals surface area contributed by atoms with Gasteiger partial charge in [-0.25, -0.2) is 4.39 Å². The van der Waals surface area contributed by atoms with Gasteiger partial charge in [0.2, 0.25) is 0 Å². The molecule has 1 fully saturated rings. The van der Waals surface area contributed by atoms with Crippen LogP contribution in [0, 0.1) is 5.82 Å². The van der Waals surface area contributed by atoms with E-state index in [0.29, 0.717) is 5.41 Å². The highest BCUT2D eigenvalue weighted by molar-refractivity contribution is 5.26. The fraction of sp³-hybridized carbons (Fsp3) is 0.647. The SMILES string of the molecule is CCCCCC1(c2ccc(F)cc2)CCCCC1. The Balaban J connectivity index is 2.15. The van der Waals surface area contributed by atoms with Gasteiger partial charge in [-0.15, -0.1) is 0 Å². The third-order valence-electron chi connectivity index (χ3n) is 4.53. The molecule has 0 spiro atoms. The molecular formula is C17H25F. The van der Waals surface area contributed by atoms with Crippen LogP contribution in [-0.2, 0) is 5.41 Å². The zero-order valence-corrected chi connectivity index (χ0v) is 11.6. The Labute approximate surface area is 111 Å². The lowest BCUT2D eigenvalue weighted by molar-refractivity contribution is 0.266. The highest BCUT2D eigenvalue weighted by atomic mass is 19.1. The molecule has 1 aromatic carbocycles. The van der Waals surface area contributed by atoms with Crippen LogP contribution in [0.5, 0.6) is 0 Å². The van der Waals surface area contributed by atoms with Crippen molar-refractivity contribution in [3.8, 4) is 0 Å². The lowest BCUT2D eigenvalue weighted by Gasteiger charge is -2.38. The lowest BCUT2D eigenvalue weighted by Crippen LogP contribution is -2.29. The summed E-state index contributed by atoms with van der Waals surface area (Å²) in [5, 5.41) is 0. The van der Waals surface area contributed by atoms with Gasteiger partial charge in [0.1, 0.15) is 5.82 Å². The second-order valence-corrected chi connectivity index (χ2v) is 5.80. The first-order valence-corrected chi connectivity index (χ1v) is 7.53. The summed E-state index contributed by atoms with van der Waals surface area (Å²) in [6, 6.07) is 7.30. The van der Waals surface area contributed by atoms with Crippen molar-refractivity contribution in [2.24, 2.45) is 0 Å². The summed E-state index contributed by atoms with van der Waals surface area (Å²) in [5.41, 5.74) is 1.72. The van der Waals surface area contributed by atoms with Crippen LogP contribution in [0.3, 0.4) is 0 Å². The zero-order valence-electron chi connectivity index (χ0n) is 11.6. The smallest absolute Gasteiger partial charge is 0.123 e. The molecule has 0 aliphatic heterocycles. The maximum absolute atomic E-state index is 13.1. The molecule has 0 radical (unpaired) electrons. The van der Waals surface area contributed by atoms with Crippen LogP contribution in [-0.4, -0.2) is 0 Å². The molecule has 1 heteroatoms. The number of benzene rings is 1. The molecule has 0 amide bonds. The maximum Gasteiger partial charge on any atom is 0.123 e. The third kappa shape index (κ3) is 3.13. The van der Waals surface area contributed by atoms with Crippen molar-refractivity contribution in [3.05, 3.63) is 35.6 Å². The molecule has 2 rings (SSSR count). The van der Waals surface area contributed by atoms with E-state index in [-0.39, 0.29) is 5.82 Å². The van der Waals surface area contributed by atoms with E-state index in [1.807, 2.05) is 12.1 Å². The molecule has 0 N–H and O–H groups in total. The summed E-state index contributed by atoms with van der Waals surface area (Å²) >= 11 is 0. The van der Waals surface area contributed by atoms with Crippen LogP contribution in [0.4, 0.5) is 4.39 Å². The van der Waals surface area contributed by atoms with E-state index in [0.717, 1.165) is 0 Å². The Morgan fingerprint density at radius 2 is 1.67 bits per heavy atom. The van der Waals surface area contributed by atoms with Gasteiger partial charge in [-0.2, -0.15) is 0 Å². The van der Waals surface area contributed by atoms with E-state index in [2.05, 4.69) is 6.92 Å². The quantitative estimate of drug-likeness (QED) is 0.594. The van der Waals surface area contributed by atoms with Crippen LogP contribution in [0.15, 0.2) is 24.3 Å². The maximum atomic E-state index is 13.1. The molecule has 0 bridgehead atoms. The summed E-state index contributed by atoms with van der Waals surface area (Å²) in [5.74, 6) is -0.113. The van der Waals surface area contributed by atoms with Gasteiger partial charge in [-0.3, -0.25) is 0 Å². The monoisotopic (exact) mass is 248 g/mol. The van der Waals surface area contributed by atoms with Crippen molar-refractivity contribution in [1.82, 2.24) is 0 Å². The third-order valence-corrected chi connectivity index (χ3v) is 4.53. The Kier molecular flexibility index (Phi) is 4.79. The van der Waals surface area contributed by atoms with Gasteiger partial charge in [0.05, 0.1) is 0 Å². The first kappa shape index (κ1) is 13.6. The fourth-order valence-corrected chi connectivity index (χ4v) is 3.43. The Bertz CT molecular complexity index is 346. The Morgan fingerprint density at radius 1 is 1.00 bits per heavy atom. The molecule has 18 heavy (non-hydrogen) atoms. The van der Waals surface area contributed by atoms with Gasteiger partial charge in [-0.05, 0) is 42.4 Å². The predicted molar refractivity (Wildman–Crippen MR) is 75.3 cm³/mol. The number of unbranched alkanes of at least 4 members (excludes halogenated alkanes) is 2. The molecule has 1 saturated carbocycles. The molecule has 0 saturated heterocycles. The molecule has 0 nitrogen and oxygen atoms in total. The number of rotatable bonds is 5. The minimum absolute atomic E-state index is 0.113. The molecule has 1 aliphatic carbocycles. The predicted octanol–water partition coefficient (Wildman–Crippen LogP) is 5.61. The minimum atomic E-state index is -0.113. The van der Waals surface area contributed by atoms with E-state index in [9.17, 15) is 4.39 Å². The van der Waals surface area contributed by atoms with Crippen LogP contribution in [0.25, 0.3) is 0 Å². The van der Waals surface area contributed by atoms with E-state index >= 15 is 0 Å². The average Bonchev–Trinajstić information content (AvgIpc) is 2.41. The fourth-order valence-electron chi connectivity index (χ4n) is 3.43. The largest absolute Gasteiger partial charge is 0.207 e. The van der Waals surface area contributed by atoms with Crippen LogP contribution >= 0.6 is 0 Å². The topological polar surface area (TPSA) is 0 Å². The van der Waals surface area contributed by atoms with E-state index in [1.54, 1.807) is 12.1 Å². The molecule has 1 aliphatic rings. The Morgan fingerprint density at radius 3 is 2.28 bits per heavy atom. The molecule has 1 aromatic rings. The second kappa shape index (κ2) is 6.36.